The molecule has 0 heterocycles. The molecule has 0 atom stereocenters. The molecule has 0 spiro atoms. The maximum Gasteiger partial charge on any atom is 0.183 e. The van der Waals surface area contributed by atoms with Crippen LogP contribution in [0.1, 0.15) is 17.3 Å². The zero-order valence-corrected chi connectivity index (χ0v) is 9.84. The lowest BCUT2D eigenvalue weighted by molar-refractivity contribution is 0.101. The summed E-state index contributed by atoms with van der Waals surface area (Å²) >= 11 is 1.31. The van der Waals surface area contributed by atoms with Crippen LogP contribution in [0.5, 0.6) is 0 Å². The number of nitrogens with zero attached hydrogens (tertiary/aromatic N) is 2. The molecule has 1 aromatic rings. The van der Waals surface area contributed by atoms with Gasteiger partial charge in [-0.2, -0.15) is 5.26 Å². The number of carbonyl (C=O) groups excluding carboxylic acids is 1. The number of nitriles is 1. The third-order valence-electron chi connectivity index (χ3n) is 1.86. The topological polar surface area (TPSA) is 65.2 Å². The Morgan fingerprint density at radius 2 is 2.19 bits per heavy atom. The zero-order valence-electron chi connectivity index (χ0n) is 9.02. The van der Waals surface area contributed by atoms with E-state index < -0.39 is 0 Å². The molecule has 1 aromatic carbocycles. The van der Waals surface area contributed by atoms with E-state index in [0.717, 1.165) is 0 Å². The van der Waals surface area contributed by atoms with Crippen molar-refractivity contribution in [3.8, 4) is 6.19 Å². The number of amidine groups is 1. The number of hydrogen-bond donors (Lipinski definition) is 1. The van der Waals surface area contributed by atoms with Gasteiger partial charge in [0.25, 0.3) is 0 Å². The fraction of sp³-hybridized carbons (Fsp3) is 0.182. The molecule has 0 amide bonds. The summed E-state index contributed by atoms with van der Waals surface area (Å²) < 4.78 is 0. The van der Waals surface area contributed by atoms with E-state index in [0.29, 0.717) is 16.4 Å². The van der Waals surface area contributed by atoms with Crippen LogP contribution >= 0.6 is 11.8 Å². The lowest BCUT2D eigenvalue weighted by Crippen LogP contribution is -2.12. The van der Waals surface area contributed by atoms with Gasteiger partial charge in [0.05, 0.1) is 5.69 Å². The van der Waals surface area contributed by atoms with Crippen LogP contribution in [0.2, 0.25) is 0 Å². The molecule has 0 saturated carbocycles. The molecule has 0 saturated heterocycles. The van der Waals surface area contributed by atoms with Crippen molar-refractivity contribution in [2.24, 2.45) is 4.99 Å². The molecule has 1 N–H and O–H groups in total. The summed E-state index contributed by atoms with van der Waals surface area (Å²) in [6.07, 6.45) is 3.61. The number of carbonyl (C=O) groups is 1. The SMILES string of the molecule is CSC(=Nc1ccccc1C(C)=O)NC#N. The standard InChI is InChI=1S/C11H11N3OS/c1-8(15)9-5-3-4-6-10(9)14-11(16-2)13-7-12/h3-6H,1-2H3,(H,13,14). The van der Waals surface area contributed by atoms with Crippen LogP contribution in [0.25, 0.3) is 0 Å². The van der Waals surface area contributed by atoms with Gasteiger partial charge in [0.1, 0.15) is 0 Å². The molecule has 1 rings (SSSR count). The van der Waals surface area contributed by atoms with Gasteiger partial charge in [0.2, 0.25) is 0 Å². The first kappa shape index (κ1) is 12.3. The molecular weight excluding hydrogens is 222 g/mol. The monoisotopic (exact) mass is 233 g/mol. The molecule has 16 heavy (non-hydrogen) atoms. The van der Waals surface area contributed by atoms with Crippen LogP contribution < -0.4 is 5.32 Å². The van der Waals surface area contributed by atoms with Gasteiger partial charge in [-0.25, -0.2) is 4.99 Å². The second-order valence-corrected chi connectivity index (χ2v) is 3.73. The summed E-state index contributed by atoms with van der Waals surface area (Å²) in [4.78, 5) is 15.5. The number of thioether (sulfide) groups is 1. The van der Waals surface area contributed by atoms with E-state index in [1.165, 1.54) is 18.7 Å². The van der Waals surface area contributed by atoms with Gasteiger partial charge < -0.3 is 0 Å². The van der Waals surface area contributed by atoms with Crippen molar-refractivity contribution in [2.75, 3.05) is 6.26 Å². The first-order valence-electron chi connectivity index (χ1n) is 4.56. The number of ketones is 1. The third kappa shape index (κ3) is 3.11. The molecule has 0 radical (unpaired) electrons. The van der Waals surface area contributed by atoms with Gasteiger partial charge in [-0.3, -0.25) is 10.1 Å². The number of rotatable bonds is 2. The highest BCUT2D eigenvalue weighted by Crippen LogP contribution is 2.20. The summed E-state index contributed by atoms with van der Waals surface area (Å²) in [6, 6.07) is 7.04. The van der Waals surface area contributed by atoms with Crippen molar-refractivity contribution in [1.82, 2.24) is 5.32 Å². The van der Waals surface area contributed by atoms with Crippen molar-refractivity contribution in [3.05, 3.63) is 29.8 Å². The summed E-state index contributed by atoms with van der Waals surface area (Å²) in [6.45, 7) is 1.49. The van der Waals surface area contributed by atoms with E-state index >= 15 is 0 Å². The van der Waals surface area contributed by atoms with Crippen molar-refractivity contribution in [2.45, 2.75) is 6.92 Å². The number of benzene rings is 1. The van der Waals surface area contributed by atoms with Crippen molar-refractivity contribution < 1.29 is 4.79 Å². The van der Waals surface area contributed by atoms with Crippen molar-refractivity contribution >= 4 is 28.4 Å². The smallest absolute Gasteiger partial charge is 0.183 e. The molecule has 0 unspecified atom stereocenters. The van der Waals surface area contributed by atoms with Gasteiger partial charge in [0, 0.05) is 5.56 Å². The Labute approximate surface area is 98.4 Å². The van der Waals surface area contributed by atoms with E-state index in [1.807, 2.05) is 0 Å². The van der Waals surface area contributed by atoms with E-state index in [4.69, 9.17) is 5.26 Å². The van der Waals surface area contributed by atoms with Crippen LogP contribution in [-0.4, -0.2) is 17.2 Å². The highest BCUT2D eigenvalue weighted by atomic mass is 32.2. The van der Waals surface area contributed by atoms with E-state index in [-0.39, 0.29) is 5.78 Å². The number of hydrogen-bond acceptors (Lipinski definition) is 4. The molecule has 4 nitrogen and oxygen atoms in total. The largest absolute Gasteiger partial charge is 0.294 e. The minimum Gasteiger partial charge on any atom is -0.294 e. The molecule has 82 valence electrons. The Hall–Kier alpha value is -1.80. The molecule has 0 fully saturated rings. The Morgan fingerprint density at radius 1 is 1.50 bits per heavy atom. The van der Waals surface area contributed by atoms with Gasteiger partial charge in [0.15, 0.2) is 17.1 Å². The van der Waals surface area contributed by atoms with Gasteiger partial charge in [-0.15, -0.1) is 0 Å². The molecule has 0 bridgehead atoms. The lowest BCUT2D eigenvalue weighted by atomic mass is 10.1. The maximum absolute atomic E-state index is 11.3. The minimum absolute atomic E-state index is 0.0447. The summed E-state index contributed by atoms with van der Waals surface area (Å²) in [5.41, 5.74) is 1.12. The summed E-state index contributed by atoms with van der Waals surface area (Å²) in [7, 11) is 0. The second-order valence-electron chi connectivity index (χ2n) is 2.93. The quantitative estimate of drug-likeness (QED) is 0.280. The Kier molecular flexibility index (Phi) is 4.55. The molecule has 0 aliphatic rings. The Balaban J connectivity index is 3.13. The highest BCUT2D eigenvalue weighted by molar-refractivity contribution is 8.13. The number of nitrogens with one attached hydrogen (secondary N) is 1. The van der Waals surface area contributed by atoms with Crippen LogP contribution in [0.3, 0.4) is 0 Å². The van der Waals surface area contributed by atoms with Crippen LogP contribution in [0.4, 0.5) is 5.69 Å². The first-order valence-corrected chi connectivity index (χ1v) is 5.79. The van der Waals surface area contributed by atoms with Gasteiger partial charge in [-0.05, 0) is 25.3 Å². The van der Waals surface area contributed by atoms with E-state index in [2.05, 4.69) is 10.3 Å². The van der Waals surface area contributed by atoms with Crippen molar-refractivity contribution in [1.29, 1.82) is 5.26 Å². The van der Waals surface area contributed by atoms with E-state index in [1.54, 1.807) is 36.7 Å². The normalized spacial score (nSPS) is 10.7. The van der Waals surface area contributed by atoms with Crippen LogP contribution in [0.15, 0.2) is 29.3 Å². The summed E-state index contributed by atoms with van der Waals surface area (Å²) in [5, 5.41) is 11.4. The van der Waals surface area contributed by atoms with E-state index in [9.17, 15) is 4.79 Å². The number of Topliss-reactive ketones (excluding diaryl/α,β-unsaturated/α-hetero) is 1. The predicted molar refractivity (Wildman–Crippen MR) is 65.8 cm³/mol. The van der Waals surface area contributed by atoms with Crippen LogP contribution in [0, 0.1) is 11.5 Å². The summed E-state index contributed by atoms with van der Waals surface area (Å²) in [5.74, 6) is -0.0447. The van der Waals surface area contributed by atoms with Crippen LogP contribution in [-0.2, 0) is 0 Å². The number of para-hydroxylation sites is 1. The first-order chi connectivity index (χ1) is 7.69. The number of aliphatic imine (C=N–C) groups is 1. The highest BCUT2D eigenvalue weighted by Gasteiger charge is 2.06. The Bertz CT molecular complexity index is 463. The lowest BCUT2D eigenvalue weighted by Gasteiger charge is -2.03. The average Bonchev–Trinajstić information content (AvgIpc) is 2.29. The fourth-order valence-electron chi connectivity index (χ4n) is 1.15. The maximum atomic E-state index is 11.3. The minimum atomic E-state index is -0.0447. The third-order valence-corrected chi connectivity index (χ3v) is 2.44. The average molecular weight is 233 g/mol. The van der Waals surface area contributed by atoms with Crippen molar-refractivity contribution in [3.63, 3.8) is 0 Å². The second kappa shape index (κ2) is 5.93. The molecular formula is C11H11N3OS. The van der Waals surface area contributed by atoms with Gasteiger partial charge in [-0.1, -0.05) is 23.9 Å². The predicted octanol–water partition coefficient (Wildman–Crippen LogP) is 2.31. The fourth-order valence-corrected chi connectivity index (χ4v) is 1.49. The Morgan fingerprint density at radius 3 is 2.75 bits per heavy atom. The zero-order chi connectivity index (χ0) is 12.0. The van der Waals surface area contributed by atoms with Gasteiger partial charge >= 0.3 is 0 Å². The molecule has 0 aromatic heterocycles. The molecule has 0 aliphatic heterocycles. The molecule has 5 heteroatoms. The molecule has 0 aliphatic carbocycles.